The van der Waals surface area contributed by atoms with Gasteiger partial charge in [0.15, 0.2) is 6.29 Å². The average molecular weight is 696 g/mol. The number of aromatic carboxylic acids is 1. The maximum atomic E-state index is 12.7. The first kappa shape index (κ1) is 34.6. The summed E-state index contributed by atoms with van der Waals surface area (Å²) in [6, 6.07) is 38.6. The Hall–Kier alpha value is -4.29. The van der Waals surface area contributed by atoms with E-state index in [9.17, 15) is 23.4 Å². The fraction of sp³-hybridized carbons (Fsp3) is 0.205. The molecule has 252 valence electrons. The van der Waals surface area contributed by atoms with Crippen molar-refractivity contribution in [3.63, 3.8) is 0 Å². The molecule has 0 aliphatic carbocycles. The number of sulfonamides is 1. The molecule has 0 aromatic heterocycles. The summed E-state index contributed by atoms with van der Waals surface area (Å²) in [6.45, 7) is 2.18. The van der Waals surface area contributed by atoms with Crippen LogP contribution >= 0.6 is 11.8 Å². The predicted molar refractivity (Wildman–Crippen MR) is 189 cm³/mol. The standard InChI is InChI=1S/C39H37NO7S2/c1-26-35(25-48-36-13-6-5-12-34(36)38(42)43)46-39(47-37(26)30-16-14-27(24-41)15-17-30)31-20-18-29(19-21-31)32-9-7-8-28(22-32)23-40-49(44,45)33-10-3-2-4-11-33/h2-22,26,35,37,39-41H,23-25H2,1H3,(H,42,43)/t26-,35+,37+,39+/m0/s1. The molecule has 5 aromatic carbocycles. The zero-order chi connectivity index (χ0) is 34.4. The van der Waals surface area contributed by atoms with E-state index in [0.717, 1.165) is 33.4 Å². The Morgan fingerprint density at radius 1 is 0.776 bits per heavy atom. The van der Waals surface area contributed by atoms with Crippen molar-refractivity contribution in [3.8, 4) is 11.1 Å². The number of carboxylic acid groups (broad SMARTS) is 1. The van der Waals surface area contributed by atoms with Gasteiger partial charge in [-0.15, -0.1) is 11.8 Å². The molecule has 0 unspecified atom stereocenters. The van der Waals surface area contributed by atoms with E-state index in [1.54, 1.807) is 42.5 Å². The highest BCUT2D eigenvalue weighted by Gasteiger charge is 2.38. The maximum absolute atomic E-state index is 12.7. The van der Waals surface area contributed by atoms with E-state index in [4.69, 9.17) is 9.47 Å². The van der Waals surface area contributed by atoms with Crippen molar-refractivity contribution in [2.75, 3.05) is 5.75 Å². The first-order valence-corrected chi connectivity index (χ1v) is 18.4. The topological polar surface area (TPSA) is 122 Å². The van der Waals surface area contributed by atoms with Crippen LogP contribution in [0, 0.1) is 5.92 Å². The third-order valence-electron chi connectivity index (χ3n) is 8.61. The van der Waals surface area contributed by atoms with E-state index in [2.05, 4.69) is 11.6 Å². The van der Waals surface area contributed by atoms with Crippen molar-refractivity contribution in [1.29, 1.82) is 0 Å². The summed E-state index contributed by atoms with van der Waals surface area (Å²) in [4.78, 5) is 12.7. The van der Waals surface area contributed by atoms with Gasteiger partial charge in [-0.25, -0.2) is 17.9 Å². The molecule has 49 heavy (non-hydrogen) atoms. The van der Waals surface area contributed by atoms with Crippen molar-refractivity contribution in [2.24, 2.45) is 5.92 Å². The first-order chi connectivity index (χ1) is 23.7. The Morgan fingerprint density at radius 2 is 1.47 bits per heavy atom. The molecule has 0 bridgehead atoms. The fourth-order valence-corrected chi connectivity index (χ4v) is 8.06. The van der Waals surface area contributed by atoms with E-state index in [-0.39, 0.29) is 41.7 Å². The number of thioether (sulfide) groups is 1. The molecule has 1 heterocycles. The molecule has 5 aromatic rings. The summed E-state index contributed by atoms with van der Waals surface area (Å²) in [5.74, 6) is -0.500. The molecule has 0 saturated carbocycles. The first-order valence-electron chi connectivity index (χ1n) is 15.9. The number of rotatable bonds is 12. The second kappa shape index (κ2) is 15.5. The highest BCUT2D eigenvalue weighted by Crippen LogP contribution is 2.43. The van der Waals surface area contributed by atoms with Gasteiger partial charge in [0.2, 0.25) is 10.0 Å². The third kappa shape index (κ3) is 8.30. The molecule has 6 rings (SSSR count). The van der Waals surface area contributed by atoms with E-state index < -0.39 is 22.3 Å². The van der Waals surface area contributed by atoms with Crippen LogP contribution in [0.25, 0.3) is 11.1 Å². The number of carboxylic acids is 1. The lowest BCUT2D eigenvalue weighted by molar-refractivity contribution is -0.268. The van der Waals surface area contributed by atoms with Crippen molar-refractivity contribution in [2.45, 2.75) is 48.4 Å². The third-order valence-corrected chi connectivity index (χ3v) is 11.2. The van der Waals surface area contributed by atoms with Crippen LogP contribution in [0.4, 0.5) is 0 Å². The number of ether oxygens (including phenoxy) is 2. The zero-order valence-corrected chi connectivity index (χ0v) is 28.4. The minimum atomic E-state index is -3.63. The Morgan fingerprint density at radius 3 is 2.18 bits per heavy atom. The number of hydrogen-bond donors (Lipinski definition) is 3. The summed E-state index contributed by atoms with van der Waals surface area (Å²) in [5.41, 5.74) is 5.59. The van der Waals surface area contributed by atoms with Crippen LogP contribution in [0.2, 0.25) is 0 Å². The van der Waals surface area contributed by atoms with Crippen molar-refractivity contribution in [3.05, 3.63) is 155 Å². The predicted octanol–water partition coefficient (Wildman–Crippen LogP) is 7.61. The van der Waals surface area contributed by atoms with Gasteiger partial charge in [-0.3, -0.25) is 0 Å². The summed E-state index contributed by atoms with van der Waals surface area (Å²) >= 11 is 1.45. The Bertz CT molecular complexity index is 1980. The van der Waals surface area contributed by atoms with Gasteiger partial charge in [0.25, 0.3) is 0 Å². The van der Waals surface area contributed by atoms with Gasteiger partial charge in [-0.2, -0.15) is 0 Å². The second-order valence-corrected chi connectivity index (χ2v) is 14.7. The molecular weight excluding hydrogens is 659 g/mol. The highest BCUT2D eigenvalue weighted by atomic mass is 32.2. The number of aliphatic hydroxyl groups excluding tert-OH is 1. The fourth-order valence-electron chi connectivity index (χ4n) is 5.81. The Labute approximate surface area is 290 Å². The zero-order valence-electron chi connectivity index (χ0n) is 26.8. The van der Waals surface area contributed by atoms with Crippen molar-refractivity contribution < 1.29 is 32.9 Å². The normalized spacial score (nSPS) is 19.4. The second-order valence-electron chi connectivity index (χ2n) is 11.9. The minimum Gasteiger partial charge on any atom is -0.478 e. The van der Waals surface area contributed by atoms with Crippen molar-refractivity contribution in [1.82, 2.24) is 4.72 Å². The molecule has 1 aliphatic rings. The van der Waals surface area contributed by atoms with Crippen LogP contribution in [0.15, 0.2) is 137 Å². The van der Waals surface area contributed by atoms with Gasteiger partial charge in [0, 0.05) is 28.7 Å². The molecule has 4 atom stereocenters. The Kier molecular flexibility index (Phi) is 10.9. The lowest BCUT2D eigenvalue weighted by Crippen LogP contribution is -2.38. The molecule has 1 aliphatic heterocycles. The summed E-state index contributed by atoms with van der Waals surface area (Å²) < 4.78 is 41.3. The van der Waals surface area contributed by atoms with Gasteiger partial charge in [0.05, 0.1) is 29.3 Å². The summed E-state index contributed by atoms with van der Waals surface area (Å²) in [7, 11) is -3.63. The SMILES string of the molecule is C[C@H]1[C@@H](CSc2ccccc2C(=O)O)O[C@@H](c2ccc(-c3cccc(CNS(=O)(=O)c4ccccc4)c3)cc2)O[C@H]1c1ccc(CO)cc1. The molecule has 3 N–H and O–H groups in total. The van der Waals surface area contributed by atoms with Crippen LogP contribution in [0.3, 0.4) is 0 Å². The summed E-state index contributed by atoms with van der Waals surface area (Å²) in [5, 5.41) is 19.3. The minimum absolute atomic E-state index is 0.0477. The van der Waals surface area contributed by atoms with Gasteiger partial charge in [-0.05, 0) is 58.1 Å². The van der Waals surface area contributed by atoms with Crippen LogP contribution in [-0.4, -0.2) is 36.5 Å². The molecule has 1 fully saturated rings. The molecule has 0 amide bonds. The molecule has 1 saturated heterocycles. The van der Waals surface area contributed by atoms with Gasteiger partial charge < -0.3 is 19.7 Å². The number of hydrogen-bond acceptors (Lipinski definition) is 7. The highest BCUT2D eigenvalue weighted by molar-refractivity contribution is 7.99. The largest absolute Gasteiger partial charge is 0.478 e. The van der Waals surface area contributed by atoms with Crippen LogP contribution in [0.1, 0.15) is 51.9 Å². The number of benzene rings is 5. The van der Waals surface area contributed by atoms with Crippen molar-refractivity contribution >= 4 is 27.8 Å². The average Bonchev–Trinajstić information content (AvgIpc) is 3.14. The molecular formula is C39H37NO7S2. The number of carbonyl (C=O) groups is 1. The summed E-state index contributed by atoms with van der Waals surface area (Å²) in [6.07, 6.45) is -1.24. The number of aliphatic hydroxyl groups is 1. The van der Waals surface area contributed by atoms with Crippen LogP contribution in [-0.2, 0) is 32.6 Å². The lowest BCUT2D eigenvalue weighted by atomic mass is 9.91. The molecule has 0 spiro atoms. The van der Waals surface area contributed by atoms with Gasteiger partial charge in [-0.1, -0.05) is 104 Å². The molecule has 0 radical (unpaired) electrons. The van der Waals surface area contributed by atoms with Crippen LogP contribution in [0.5, 0.6) is 0 Å². The molecule has 10 heteroatoms. The van der Waals surface area contributed by atoms with E-state index in [1.807, 2.05) is 84.9 Å². The van der Waals surface area contributed by atoms with E-state index >= 15 is 0 Å². The Balaban J connectivity index is 1.20. The van der Waals surface area contributed by atoms with Gasteiger partial charge in [0.1, 0.15) is 0 Å². The molecule has 8 nitrogen and oxygen atoms in total. The smallest absolute Gasteiger partial charge is 0.336 e. The monoisotopic (exact) mass is 695 g/mol. The van der Waals surface area contributed by atoms with Crippen LogP contribution < -0.4 is 4.72 Å². The number of nitrogens with one attached hydrogen (secondary N) is 1. The van der Waals surface area contributed by atoms with Gasteiger partial charge >= 0.3 is 5.97 Å². The maximum Gasteiger partial charge on any atom is 0.336 e. The quantitative estimate of drug-likeness (QED) is 0.114. The van der Waals surface area contributed by atoms with E-state index in [1.165, 1.54) is 11.8 Å². The lowest BCUT2D eigenvalue weighted by Gasteiger charge is -2.41. The van der Waals surface area contributed by atoms with E-state index in [0.29, 0.717) is 10.6 Å².